The molecule has 0 bridgehead atoms. The fourth-order valence-electron chi connectivity index (χ4n) is 3.50. The molecule has 2 aromatic carbocycles. The van der Waals surface area contributed by atoms with Crippen LogP contribution in [0.3, 0.4) is 0 Å². The van der Waals surface area contributed by atoms with E-state index in [1.54, 1.807) is 18.3 Å². The molecule has 0 fully saturated rings. The number of hydrogen-bond donors (Lipinski definition) is 2. The van der Waals surface area contributed by atoms with E-state index in [-0.39, 0.29) is 17.2 Å². The third-order valence-electron chi connectivity index (χ3n) is 4.96. The summed E-state index contributed by atoms with van der Waals surface area (Å²) >= 11 is 0. The maximum Gasteiger partial charge on any atom is 0.235 e. The monoisotopic (exact) mass is 420 g/mol. The highest BCUT2D eigenvalue weighted by Gasteiger charge is 2.20. The Balaban J connectivity index is 1.65. The SMILES string of the molecule is COc1cc(-c2nc3ncccn3c2Nc2ccc3c(c2)OCCO3)cc(OC)c1O. The first kappa shape index (κ1) is 18.9. The Hall–Kier alpha value is -4.14. The van der Waals surface area contributed by atoms with Gasteiger partial charge in [-0.1, -0.05) is 0 Å². The number of fused-ring (bicyclic) bond motifs is 2. The van der Waals surface area contributed by atoms with Crippen LogP contribution in [0.2, 0.25) is 0 Å². The van der Waals surface area contributed by atoms with Gasteiger partial charge in [0.15, 0.2) is 23.0 Å². The van der Waals surface area contributed by atoms with E-state index in [0.717, 1.165) is 5.69 Å². The van der Waals surface area contributed by atoms with E-state index in [4.69, 9.17) is 18.9 Å². The van der Waals surface area contributed by atoms with Crippen LogP contribution >= 0.6 is 0 Å². The summed E-state index contributed by atoms with van der Waals surface area (Å²) in [4.78, 5) is 9.05. The number of phenols is 1. The lowest BCUT2D eigenvalue weighted by atomic mass is 10.1. The standard InChI is InChI=1S/C22H20N4O5/c1-28-17-10-13(11-18(29-2)20(17)27)19-21(26-7-3-6-23-22(26)25-19)24-14-4-5-15-16(12-14)31-9-8-30-15/h3-7,10-12,24,27H,8-9H2,1-2H3. The second-order valence-corrected chi connectivity index (χ2v) is 6.81. The summed E-state index contributed by atoms with van der Waals surface area (Å²) in [6, 6.07) is 10.9. The number of nitrogens with one attached hydrogen (secondary N) is 1. The molecule has 0 spiro atoms. The average Bonchev–Trinajstić information content (AvgIpc) is 3.17. The zero-order chi connectivity index (χ0) is 21.4. The lowest BCUT2D eigenvalue weighted by Crippen LogP contribution is -2.15. The third-order valence-corrected chi connectivity index (χ3v) is 4.96. The average molecular weight is 420 g/mol. The molecule has 158 valence electrons. The molecule has 3 heterocycles. The van der Waals surface area contributed by atoms with Crippen molar-refractivity contribution in [1.29, 1.82) is 0 Å². The predicted octanol–water partition coefficient (Wildman–Crippen LogP) is 3.63. The van der Waals surface area contributed by atoms with E-state index in [2.05, 4.69) is 15.3 Å². The molecule has 2 N–H and O–H groups in total. The van der Waals surface area contributed by atoms with E-state index < -0.39 is 0 Å². The number of aromatic hydroxyl groups is 1. The molecule has 4 aromatic rings. The van der Waals surface area contributed by atoms with Crippen molar-refractivity contribution in [3.8, 4) is 40.0 Å². The van der Waals surface area contributed by atoms with Crippen LogP contribution in [0, 0.1) is 0 Å². The molecule has 0 atom stereocenters. The maximum absolute atomic E-state index is 10.3. The van der Waals surface area contributed by atoms with Gasteiger partial charge in [0.1, 0.15) is 24.7 Å². The molecule has 0 saturated carbocycles. The van der Waals surface area contributed by atoms with Crippen LogP contribution in [0.4, 0.5) is 11.5 Å². The summed E-state index contributed by atoms with van der Waals surface area (Å²) in [6.07, 6.45) is 3.55. The minimum absolute atomic E-state index is 0.0722. The Bertz CT molecular complexity index is 1250. The van der Waals surface area contributed by atoms with Gasteiger partial charge in [-0.15, -0.1) is 0 Å². The van der Waals surface area contributed by atoms with Crippen LogP contribution < -0.4 is 24.3 Å². The predicted molar refractivity (Wildman–Crippen MR) is 114 cm³/mol. The first-order valence-electron chi connectivity index (χ1n) is 9.63. The van der Waals surface area contributed by atoms with E-state index in [1.807, 2.05) is 34.9 Å². The molecule has 31 heavy (non-hydrogen) atoms. The Morgan fingerprint density at radius 3 is 2.52 bits per heavy atom. The number of imidazole rings is 1. The van der Waals surface area contributed by atoms with Gasteiger partial charge in [-0.05, 0) is 30.3 Å². The van der Waals surface area contributed by atoms with Gasteiger partial charge in [-0.2, -0.15) is 0 Å². The van der Waals surface area contributed by atoms with Gasteiger partial charge >= 0.3 is 0 Å². The maximum atomic E-state index is 10.3. The van der Waals surface area contributed by atoms with Gasteiger partial charge in [0.25, 0.3) is 0 Å². The van der Waals surface area contributed by atoms with Crippen molar-refractivity contribution >= 4 is 17.3 Å². The second-order valence-electron chi connectivity index (χ2n) is 6.81. The first-order valence-corrected chi connectivity index (χ1v) is 9.63. The molecule has 1 aliphatic heterocycles. The number of benzene rings is 2. The fraction of sp³-hybridized carbons (Fsp3) is 0.182. The zero-order valence-electron chi connectivity index (χ0n) is 17.0. The molecule has 0 saturated heterocycles. The topological polar surface area (TPSA) is 99.4 Å². The highest BCUT2D eigenvalue weighted by atomic mass is 16.6. The normalized spacial score (nSPS) is 12.6. The van der Waals surface area contributed by atoms with Gasteiger partial charge in [0.05, 0.1) is 14.2 Å². The number of anilines is 2. The molecular weight excluding hydrogens is 400 g/mol. The second kappa shape index (κ2) is 7.60. The molecule has 1 aliphatic rings. The Morgan fingerprint density at radius 1 is 1.03 bits per heavy atom. The molecular formula is C22H20N4O5. The van der Waals surface area contributed by atoms with Crippen molar-refractivity contribution in [2.45, 2.75) is 0 Å². The van der Waals surface area contributed by atoms with Gasteiger partial charge < -0.3 is 29.4 Å². The summed E-state index contributed by atoms with van der Waals surface area (Å²) in [5.74, 6) is 3.09. The van der Waals surface area contributed by atoms with Crippen molar-refractivity contribution in [3.05, 3.63) is 48.8 Å². The summed E-state index contributed by atoms with van der Waals surface area (Å²) < 4.78 is 23.8. The van der Waals surface area contributed by atoms with Crippen LogP contribution in [0.15, 0.2) is 48.8 Å². The molecule has 0 radical (unpaired) electrons. The number of aromatic nitrogens is 3. The Morgan fingerprint density at radius 2 is 1.77 bits per heavy atom. The van der Waals surface area contributed by atoms with Gasteiger partial charge in [-0.3, -0.25) is 4.40 Å². The van der Waals surface area contributed by atoms with Crippen molar-refractivity contribution in [2.75, 3.05) is 32.8 Å². The Labute approximate surface area is 177 Å². The first-order chi connectivity index (χ1) is 15.2. The molecule has 9 heteroatoms. The van der Waals surface area contributed by atoms with Crippen molar-refractivity contribution in [3.63, 3.8) is 0 Å². The number of nitrogens with zero attached hydrogens (tertiary/aromatic N) is 3. The largest absolute Gasteiger partial charge is 0.502 e. The summed E-state index contributed by atoms with van der Waals surface area (Å²) in [6.45, 7) is 1.04. The third kappa shape index (κ3) is 3.29. The van der Waals surface area contributed by atoms with Gasteiger partial charge in [0, 0.05) is 29.7 Å². The molecule has 5 rings (SSSR count). The quantitative estimate of drug-likeness (QED) is 0.505. The number of ether oxygens (including phenoxy) is 4. The molecule has 0 unspecified atom stereocenters. The zero-order valence-corrected chi connectivity index (χ0v) is 17.0. The molecule has 2 aromatic heterocycles. The van der Waals surface area contributed by atoms with Crippen molar-refractivity contribution < 1.29 is 24.1 Å². The highest BCUT2D eigenvalue weighted by Crippen LogP contribution is 2.42. The lowest BCUT2D eigenvalue weighted by molar-refractivity contribution is 0.171. The fourth-order valence-corrected chi connectivity index (χ4v) is 3.50. The van der Waals surface area contributed by atoms with Crippen LogP contribution in [0.1, 0.15) is 0 Å². The van der Waals surface area contributed by atoms with Gasteiger partial charge in [-0.25, -0.2) is 9.97 Å². The number of rotatable bonds is 5. The van der Waals surface area contributed by atoms with Crippen LogP contribution in [0.25, 0.3) is 17.0 Å². The van der Waals surface area contributed by atoms with Gasteiger partial charge in [0.2, 0.25) is 11.5 Å². The van der Waals surface area contributed by atoms with Crippen LogP contribution in [-0.4, -0.2) is 46.9 Å². The van der Waals surface area contributed by atoms with E-state index in [1.165, 1.54) is 14.2 Å². The minimum Gasteiger partial charge on any atom is -0.502 e. The van der Waals surface area contributed by atoms with Crippen LogP contribution in [-0.2, 0) is 0 Å². The number of methoxy groups -OCH3 is 2. The highest BCUT2D eigenvalue weighted by molar-refractivity contribution is 5.81. The van der Waals surface area contributed by atoms with Crippen molar-refractivity contribution in [1.82, 2.24) is 14.4 Å². The molecule has 9 nitrogen and oxygen atoms in total. The smallest absolute Gasteiger partial charge is 0.235 e. The number of hydrogen-bond acceptors (Lipinski definition) is 8. The molecule has 0 amide bonds. The van der Waals surface area contributed by atoms with E-state index in [9.17, 15) is 5.11 Å². The van der Waals surface area contributed by atoms with E-state index >= 15 is 0 Å². The summed E-state index contributed by atoms with van der Waals surface area (Å²) in [7, 11) is 2.97. The van der Waals surface area contributed by atoms with Crippen molar-refractivity contribution in [2.24, 2.45) is 0 Å². The lowest BCUT2D eigenvalue weighted by Gasteiger charge is -2.19. The molecule has 0 aliphatic carbocycles. The Kier molecular flexibility index (Phi) is 4.62. The number of phenolic OH excluding ortho intramolecular Hbond substituents is 1. The summed E-state index contributed by atoms with van der Waals surface area (Å²) in [5, 5.41) is 13.7. The van der Waals surface area contributed by atoms with E-state index in [0.29, 0.717) is 47.6 Å². The summed E-state index contributed by atoms with van der Waals surface area (Å²) in [5.41, 5.74) is 2.11. The minimum atomic E-state index is -0.0722. The van der Waals surface area contributed by atoms with Crippen LogP contribution in [0.5, 0.6) is 28.7 Å².